The SMILES string of the molecule is COc1ccc(-c2coc3ccccc3c2=O)c2cccnc12. The van der Waals surface area contributed by atoms with Crippen LogP contribution in [0.3, 0.4) is 0 Å². The Balaban J connectivity index is 2.08. The van der Waals surface area contributed by atoms with Gasteiger partial charge in [0.25, 0.3) is 0 Å². The van der Waals surface area contributed by atoms with Crippen molar-refractivity contribution in [1.82, 2.24) is 4.98 Å². The van der Waals surface area contributed by atoms with Crippen LogP contribution in [0.1, 0.15) is 0 Å². The van der Waals surface area contributed by atoms with Crippen molar-refractivity contribution in [1.29, 1.82) is 0 Å². The summed E-state index contributed by atoms with van der Waals surface area (Å²) in [5, 5.41) is 1.42. The highest BCUT2D eigenvalue weighted by Gasteiger charge is 2.14. The van der Waals surface area contributed by atoms with Crippen LogP contribution in [0.2, 0.25) is 0 Å². The Morgan fingerprint density at radius 3 is 2.65 bits per heavy atom. The van der Waals surface area contributed by atoms with E-state index in [4.69, 9.17) is 9.15 Å². The Kier molecular flexibility index (Phi) is 3.08. The lowest BCUT2D eigenvalue weighted by atomic mass is 10.0. The van der Waals surface area contributed by atoms with Crippen molar-refractivity contribution in [3.8, 4) is 16.9 Å². The first-order chi connectivity index (χ1) is 11.3. The zero-order valence-electron chi connectivity index (χ0n) is 12.4. The number of aromatic nitrogens is 1. The fraction of sp³-hybridized carbons (Fsp3) is 0.0526. The molecule has 0 saturated carbocycles. The number of hydrogen-bond donors (Lipinski definition) is 0. The van der Waals surface area contributed by atoms with Gasteiger partial charge in [0.05, 0.1) is 18.1 Å². The van der Waals surface area contributed by atoms with Crippen LogP contribution in [0, 0.1) is 0 Å². The number of fused-ring (bicyclic) bond motifs is 2. The molecule has 0 amide bonds. The molecule has 0 unspecified atom stereocenters. The van der Waals surface area contributed by atoms with E-state index in [2.05, 4.69) is 4.98 Å². The first-order valence-electron chi connectivity index (χ1n) is 7.22. The molecule has 0 radical (unpaired) electrons. The maximum Gasteiger partial charge on any atom is 0.200 e. The maximum atomic E-state index is 12.8. The normalized spacial score (nSPS) is 11.0. The second-order valence-electron chi connectivity index (χ2n) is 5.19. The molecule has 2 aromatic carbocycles. The van der Waals surface area contributed by atoms with E-state index in [1.807, 2.05) is 36.4 Å². The molecular weight excluding hydrogens is 290 g/mol. The molecule has 0 aliphatic carbocycles. The Bertz CT molecular complexity index is 1080. The van der Waals surface area contributed by atoms with Crippen LogP contribution < -0.4 is 10.2 Å². The summed E-state index contributed by atoms with van der Waals surface area (Å²) >= 11 is 0. The van der Waals surface area contributed by atoms with Crippen molar-refractivity contribution >= 4 is 21.9 Å². The monoisotopic (exact) mass is 303 g/mol. The second kappa shape index (κ2) is 5.25. The molecule has 0 aliphatic heterocycles. The van der Waals surface area contributed by atoms with Gasteiger partial charge < -0.3 is 9.15 Å². The molecule has 2 aromatic heterocycles. The van der Waals surface area contributed by atoms with E-state index in [1.54, 1.807) is 25.4 Å². The number of methoxy groups -OCH3 is 1. The average Bonchev–Trinajstić information content (AvgIpc) is 2.62. The Morgan fingerprint density at radius 1 is 0.957 bits per heavy atom. The number of pyridine rings is 1. The highest BCUT2D eigenvalue weighted by Crippen LogP contribution is 2.32. The molecule has 0 aliphatic rings. The molecule has 0 saturated heterocycles. The van der Waals surface area contributed by atoms with E-state index >= 15 is 0 Å². The van der Waals surface area contributed by atoms with E-state index in [-0.39, 0.29) is 5.43 Å². The third-order valence-electron chi connectivity index (χ3n) is 3.92. The molecule has 0 fully saturated rings. The van der Waals surface area contributed by atoms with Crippen molar-refractivity contribution in [2.24, 2.45) is 0 Å². The molecule has 112 valence electrons. The van der Waals surface area contributed by atoms with Gasteiger partial charge in [0.1, 0.15) is 23.1 Å². The molecule has 23 heavy (non-hydrogen) atoms. The third kappa shape index (κ3) is 2.07. The van der Waals surface area contributed by atoms with E-state index in [0.717, 1.165) is 16.5 Å². The van der Waals surface area contributed by atoms with Crippen LogP contribution in [0.15, 0.2) is 70.2 Å². The lowest BCUT2D eigenvalue weighted by molar-refractivity contribution is 0.419. The molecule has 0 N–H and O–H groups in total. The summed E-state index contributed by atoms with van der Waals surface area (Å²) in [5.74, 6) is 0.675. The first kappa shape index (κ1) is 13.5. The Hall–Kier alpha value is -3.14. The van der Waals surface area contributed by atoms with Gasteiger partial charge in [-0.15, -0.1) is 0 Å². The average molecular weight is 303 g/mol. The lowest BCUT2D eigenvalue weighted by Crippen LogP contribution is -2.05. The largest absolute Gasteiger partial charge is 0.494 e. The summed E-state index contributed by atoms with van der Waals surface area (Å²) in [5.41, 5.74) is 2.55. The highest BCUT2D eigenvalue weighted by molar-refractivity contribution is 5.98. The fourth-order valence-corrected chi connectivity index (χ4v) is 2.81. The molecule has 4 nitrogen and oxygen atoms in total. The van der Waals surface area contributed by atoms with Crippen LogP contribution >= 0.6 is 0 Å². The zero-order chi connectivity index (χ0) is 15.8. The number of hydrogen-bond acceptors (Lipinski definition) is 4. The number of para-hydroxylation sites is 1. The molecule has 0 spiro atoms. The molecule has 4 heteroatoms. The van der Waals surface area contributed by atoms with Gasteiger partial charge in [-0.1, -0.05) is 18.2 Å². The van der Waals surface area contributed by atoms with Gasteiger partial charge in [0.2, 0.25) is 5.43 Å². The van der Waals surface area contributed by atoms with Gasteiger partial charge in [0.15, 0.2) is 0 Å². The van der Waals surface area contributed by atoms with Crippen molar-refractivity contribution in [3.63, 3.8) is 0 Å². The van der Waals surface area contributed by atoms with Gasteiger partial charge in [-0.05, 0) is 35.9 Å². The van der Waals surface area contributed by atoms with Gasteiger partial charge in [-0.25, -0.2) is 0 Å². The third-order valence-corrected chi connectivity index (χ3v) is 3.92. The van der Waals surface area contributed by atoms with E-state index in [9.17, 15) is 4.79 Å². The van der Waals surface area contributed by atoms with Crippen molar-refractivity contribution in [2.45, 2.75) is 0 Å². The van der Waals surface area contributed by atoms with Crippen molar-refractivity contribution in [3.05, 3.63) is 71.2 Å². The minimum atomic E-state index is -0.0535. The van der Waals surface area contributed by atoms with Gasteiger partial charge in [-0.3, -0.25) is 9.78 Å². The lowest BCUT2D eigenvalue weighted by Gasteiger charge is -2.09. The van der Waals surface area contributed by atoms with Crippen LogP contribution in [0.5, 0.6) is 5.75 Å². The summed E-state index contributed by atoms with van der Waals surface area (Å²) in [6.07, 6.45) is 3.22. The molecule has 0 bridgehead atoms. The van der Waals surface area contributed by atoms with E-state index < -0.39 is 0 Å². The summed E-state index contributed by atoms with van der Waals surface area (Å²) in [4.78, 5) is 17.2. The summed E-state index contributed by atoms with van der Waals surface area (Å²) in [6.45, 7) is 0. The fourth-order valence-electron chi connectivity index (χ4n) is 2.81. The van der Waals surface area contributed by atoms with Crippen LogP contribution in [-0.2, 0) is 0 Å². The molecule has 0 atom stereocenters. The topological polar surface area (TPSA) is 52.3 Å². The van der Waals surface area contributed by atoms with Crippen LogP contribution in [0.25, 0.3) is 33.0 Å². The van der Waals surface area contributed by atoms with Crippen molar-refractivity contribution in [2.75, 3.05) is 7.11 Å². The number of ether oxygens (including phenoxy) is 1. The standard InChI is InChI=1S/C19H13NO3/c1-22-17-9-8-12(13-6-4-10-20-18(13)17)15-11-23-16-7-3-2-5-14(16)19(15)21/h2-11H,1H3. The summed E-state index contributed by atoms with van der Waals surface area (Å²) in [6, 6.07) is 14.7. The second-order valence-corrected chi connectivity index (χ2v) is 5.19. The zero-order valence-corrected chi connectivity index (χ0v) is 12.4. The van der Waals surface area contributed by atoms with Gasteiger partial charge in [0, 0.05) is 11.6 Å². The highest BCUT2D eigenvalue weighted by atomic mass is 16.5. The molecule has 2 heterocycles. The first-order valence-corrected chi connectivity index (χ1v) is 7.22. The number of nitrogens with zero attached hydrogens (tertiary/aromatic N) is 1. The minimum absolute atomic E-state index is 0.0535. The van der Waals surface area contributed by atoms with Crippen LogP contribution in [0.4, 0.5) is 0 Å². The van der Waals surface area contributed by atoms with Crippen molar-refractivity contribution < 1.29 is 9.15 Å². The summed E-state index contributed by atoms with van der Waals surface area (Å²) < 4.78 is 11.0. The maximum absolute atomic E-state index is 12.8. The smallest absolute Gasteiger partial charge is 0.200 e. The van der Waals surface area contributed by atoms with E-state index in [1.165, 1.54) is 6.26 Å². The Morgan fingerprint density at radius 2 is 1.78 bits per heavy atom. The molecule has 4 rings (SSSR count). The molecular formula is C19H13NO3. The number of rotatable bonds is 2. The molecule has 4 aromatic rings. The predicted molar refractivity (Wildman–Crippen MR) is 89.8 cm³/mol. The number of benzene rings is 2. The van der Waals surface area contributed by atoms with Gasteiger partial charge >= 0.3 is 0 Å². The summed E-state index contributed by atoms with van der Waals surface area (Å²) in [7, 11) is 1.60. The minimum Gasteiger partial charge on any atom is -0.494 e. The predicted octanol–water partition coefficient (Wildman–Crippen LogP) is 4.02. The van der Waals surface area contributed by atoms with Crippen LogP contribution in [-0.4, -0.2) is 12.1 Å². The van der Waals surface area contributed by atoms with E-state index in [0.29, 0.717) is 22.3 Å². The van der Waals surface area contributed by atoms with Gasteiger partial charge in [-0.2, -0.15) is 0 Å². The Labute approximate surface area is 132 Å². The quantitative estimate of drug-likeness (QED) is 0.561.